The van der Waals surface area contributed by atoms with Crippen molar-refractivity contribution in [3.8, 4) is 0 Å². The van der Waals surface area contributed by atoms with Crippen LogP contribution in [-0.4, -0.2) is 35.4 Å². The molecule has 5 heteroatoms. The number of amides is 1. The molecule has 0 aliphatic heterocycles. The molecule has 0 aliphatic rings. The maximum absolute atomic E-state index is 12.4. The van der Waals surface area contributed by atoms with E-state index in [2.05, 4.69) is 29.0 Å². The van der Waals surface area contributed by atoms with Crippen LogP contribution in [0, 0.1) is 6.92 Å². The van der Waals surface area contributed by atoms with Gasteiger partial charge < -0.3 is 5.32 Å². The first-order valence-electron chi connectivity index (χ1n) is 8.26. The van der Waals surface area contributed by atoms with E-state index in [1.54, 1.807) is 12.3 Å². The summed E-state index contributed by atoms with van der Waals surface area (Å²) in [6, 6.07) is 11.5. The maximum Gasteiger partial charge on any atom is 0.252 e. The number of rotatable bonds is 7. The van der Waals surface area contributed by atoms with E-state index in [1.807, 2.05) is 37.3 Å². The highest BCUT2D eigenvalue weighted by molar-refractivity contribution is 6.31. The number of benzene rings is 1. The fourth-order valence-corrected chi connectivity index (χ4v) is 3.00. The summed E-state index contributed by atoms with van der Waals surface area (Å²) in [5.41, 5.74) is 2.49. The summed E-state index contributed by atoms with van der Waals surface area (Å²) >= 11 is 6.38. The lowest BCUT2D eigenvalue weighted by Gasteiger charge is -2.30. The van der Waals surface area contributed by atoms with E-state index in [4.69, 9.17) is 11.6 Å². The second-order valence-electron chi connectivity index (χ2n) is 5.66. The van der Waals surface area contributed by atoms with Crippen LogP contribution in [0.5, 0.6) is 0 Å². The predicted octanol–water partition coefficient (Wildman–Crippen LogP) is 3.86. The second-order valence-corrected chi connectivity index (χ2v) is 6.06. The first kappa shape index (κ1) is 18.4. The fourth-order valence-electron chi connectivity index (χ4n) is 2.74. The van der Waals surface area contributed by atoms with Gasteiger partial charge in [-0.3, -0.25) is 14.7 Å². The van der Waals surface area contributed by atoms with E-state index in [1.165, 1.54) is 0 Å². The van der Waals surface area contributed by atoms with Crippen molar-refractivity contribution in [2.75, 3.05) is 19.6 Å². The van der Waals surface area contributed by atoms with Gasteiger partial charge in [0, 0.05) is 23.5 Å². The lowest BCUT2D eigenvalue weighted by atomic mass is 10.0. The third-order valence-electron chi connectivity index (χ3n) is 4.15. The molecule has 0 saturated carbocycles. The Morgan fingerprint density at radius 2 is 1.92 bits per heavy atom. The Labute approximate surface area is 148 Å². The molecule has 1 heterocycles. The molecule has 1 N–H and O–H groups in total. The van der Waals surface area contributed by atoms with Crippen molar-refractivity contribution < 1.29 is 4.79 Å². The molecule has 1 amide bonds. The van der Waals surface area contributed by atoms with Crippen LogP contribution in [0.3, 0.4) is 0 Å². The zero-order valence-electron chi connectivity index (χ0n) is 14.4. The summed E-state index contributed by atoms with van der Waals surface area (Å²) in [6.07, 6.45) is 1.60. The Hall–Kier alpha value is -1.91. The number of carbonyl (C=O) groups excluding carboxylic acids is 1. The molecule has 0 bridgehead atoms. The van der Waals surface area contributed by atoms with Gasteiger partial charge in [-0.1, -0.05) is 43.6 Å². The highest BCUT2D eigenvalue weighted by Crippen LogP contribution is 2.27. The molecular formula is C19H24ClN3O. The molecule has 0 radical (unpaired) electrons. The van der Waals surface area contributed by atoms with Gasteiger partial charge in [-0.15, -0.1) is 0 Å². The van der Waals surface area contributed by atoms with Crippen LogP contribution >= 0.6 is 11.6 Å². The topological polar surface area (TPSA) is 45.2 Å². The Bertz CT molecular complexity index is 669. The van der Waals surface area contributed by atoms with Crippen LogP contribution in [0.15, 0.2) is 42.6 Å². The number of aryl methyl sites for hydroxylation is 1. The smallest absolute Gasteiger partial charge is 0.252 e. The summed E-state index contributed by atoms with van der Waals surface area (Å²) in [5, 5.41) is 3.74. The fraction of sp³-hybridized carbons (Fsp3) is 0.368. The number of likely N-dealkylation sites (N-methyl/N-ethyl adjacent to an activating group) is 1. The minimum absolute atomic E-state index is 0.0380. The van der Waals surface area contributed by atoms with Crippen LogP contribution in [0.25, 0.3) is 0 Å². The molecule has 0 aliphatic carbocycles. The first-order chi connectivity index (χ1) is 11.6. The number of nitrogens with one attached hydrogen (secondary N) is 1. The van der Waals surface area contributed by atoms with E-state index in [0.29, 0.717) is 12.1 Å². The van der Waals surface area contributed by atoms with Gasteiger partial charge in [-0.25, -0.2) is 0 Å². The molecule has 0 saturated heterocycles. The lowest BCUT2D eigenvalue weighted by Crippen LogP contribution is -2.38. The summed E-state index contributed by atoms with van der Waals surface area (Å²) < 4.78 is 0. The summed E-state index contributed by atoms with van der Waals surface area (Å²) in [6.45, 7) is 8.38. The quantitative estimate of drug-likeness (QED) is 0.828. The van der Waals surface area contributed by atoms with Gasteiger partial charge in [0.05, 0.1) is 11.6 Å². The van der Waals surface area contributed by atoms with Crippen molar-refractivity contribution >= 4 is 17.5 Å². The van der Waals surface area contributed by atoms with Gasteiger partial charge in [-0.05, 0) is 43.8 Å². The molecular weight excluding hydrogens is 322 g/mol. The van der Waals surface area contributed by atoms with E-state index in [-0.39, 0.29) is 11.9 Å². The van der Waals surface area contributed by atoms with Gasteiger partial charge in [0.15, 0.2) is 0 Å². The van der Waals surface area contributed by atoms with E-state index in [0.717, 1.165) is 29.4 Å². The van der Waals surface area contributed by atoms with E-state index < -0.39 is 0 Å². The molecule has 2 aromatic rings. The number of carbonyl (C=O) groups is 1. The van der Waals surface area contributed by atoms with Gasteiger partial charge in [0.25, 0.3) is 5.91 Å². The van der Waals surface area contributed by atoms with Crippen LogP contribution in [0.1, 0.15) is 41.5 Å². The molecule has 0 spiro atoms. The summed E-state index contributed by atoms with van der Waals surface area (Å²) in [4.78, 5) is 18.8. The van der Waals surface area contributed by atoms with E-state index in [9.17, 15) is 4.79 Å². The molecule has 0 fully saturated rings. The zero-order chi connectivity index (χ0) is 17.5. The maximum atomic E-state index is 12.4. The molecule has 1 atom stereocenters. The van der Waals surface area contributed by atoms with Crippen molar-refractivity contribution in [3.63, 3.8) is 0 Å². The van der Waals surface area contributed by atoms with Crippen molar-refractivity contribution in [2.45, 2.75) is 26.8 Å². The van der Waals surface area contributed by atoms with Crippen molar-refractivity contribution in [2.24, 2.45) is 0 Å². The molecule has 128 valence electrons. The van der Waals surface area contributed by atoms with Gasteiger partial charge >= 0.3 is 0 Å². The zero-order valence-corrected chi connectivity index (χ0v) is 15.2. The average molecular weight is 346 g/mol. The number of nitrogens with zero attached hydrogens (tertiary/aromatic N) is 2. The van der Waals surface area contributed by atoms with Gasteiger partial charge in [0.1, 0.15) is 0 Å². The normalized spacial score (nSPS) is 12.2. The SMILES string of the molecule is CCN(CC)C(CNC(=O)c1ccc(C)nc1)c1ccccc1Cl. The third kappa shape index (κ3) is 4.56. The monoisotopic (exact) mass is 345 g/mol. The second kappa shape index (κ2) is 8.81. The highest BCUT2D eigenvalue weighted by Gasteiger charge is 2.21. The molecule has 1 aromatic heterocycles. The van der Waals surface area contributed by atoms with Crippen molar-refractivity contribution in [1.29, 1.82) is 0 Å². The average Bonchev–Trinajstić information content (AvgIpc) is 2.60. The highest BCUT2D eigenvalue weighted by atomic mass is 35.5. The first-order valence-corrected chi connectivity index (χ1v) is 8.63. The Kier molecular flexibility index (Phi) is 6.76. The van der Waals surface area contributed by atoms with Crippen molar-refractivity contribution in [3.05, 3.63) is 64.4 Å². The molecule has 2 rings (SSSR count). The molecule has 4 nitrogen and oxygen atoms in total. The standard InChI is InChI=1S/C19H24ClN3O/c1-4-23(5-2)18(16-8-6-7-9-17(16)20)13-22-19(24)15-11-10-14(3)21-12-15/h6-12,18H,4-5,13H2,1-3H3,(H,22,24). The van der Waals surface area contributed by atoms with Gasteiger partial charge in [0.2, 0.25) is 0 Å². The third-order valence-corrected chi connectivity index (χ3v) is 4.49. The largest absolute Gasteiger partial charge is 0.350 e. The number of aromatic nitrogens is 1. The Morgan fingerprint density at radius 1 is 1.21 bits per heavy atom. The summed E-state index contributed by atoms with van der Waals surface area (Å²) in [5.74, 6) is -0.119. The Balaban J connectivity index is 2.15. The molecule has 24 heavy (non-hydrogen) atoms. The number of hydrogen-bond donors (Lipinski definition) is 1. The predicted molar refractivity (Wildman–Crippen MR) is 98.4 cm³/mol. The van der Waals surface area contributed by atoms with Crippen LogP contribution in [0.4, 0.5) is 0 Å². The van der Waals surface area contributed by atoms with Crippen molar-refractivity contribution in [1.82, 2.24) is 15.2 Å². The van der Waals surface area contributed by atoms with Crippen LogP contribution in [0.2, 0.25) is 5.02 Å². The molecule has 1 aromatic carbocycles. The Morgan fingerprint density at radius 3 is 2.50 bits per heavy atom. The number of hydrogen-bond acceptors (Lipinski definition) is 3. The number of halogens is 1. The number of pyridine rings is 1. The minimum Gasteiger partial charge on any atom is -0.350 e. The van der Waals surface area contributed by atoms with Crippen LogP contribution < -0.4 is 5.32 Å². The summed E-state index contributed by atoms with van der Waals surface area (Å²) in [7, 11) is 0. The van der Waals surface area contributed by atoms with Gasteiger partial charge in [-0.2, -0.15) is 0 Å². The minimum atomic E-state index is -0.119. The lowest BCUT2D eigenvalue weighted by molar-refractivity contribution is 0.0934. The van der Waals surface area contributed by atoms with Crippen LogP contribution in [-0.2, 0) is 0 Å². The van der Waals surface area contributed by atoms with E-state index >= 15 is 0 Å². The molecule has 1 unspecified atom stereocenters.